The minimum atomic E-state index is -5.08. The predicted octanol–water partition coefficient (Wildman–Crippen LogP) is 4.79. The minimum Gasteiger partial charge on any atom is -0.475 e. The molecule has 2 aromatic carbocycles. The quantitative estimate of drug-likeness (QED) is 0.404. The van der Waals surface area contributed by atoms with Gasteiger partial charge in [0, 0.05) is 17.4 Å². The highest BCUT2D eigenvalue weighted by Gasteiger charge is 2.38. The summed E-state index contributed by atoms with van der Waals surface area (Å²) < 4.78 is 97.0. The van der Waals surface area contributed by atoms with Crippen molar-refractivity contribution in [3.63, 3.8) is 0 Å². The maximum Gasteiger partial charge on any atom is 0.490 e. The Labute approximate surface area is 199 Å². The predicted molar refractivity (Wildman–Crippen MR) is 115 cm³/mol. The first-order valence-corrected chi connectivity index (χ1v) is 10.9. The molecule has 0 saturated heterocycles. The molecule has 15 heteroatoms. The SMILES string of the molecule is O=C(Nc1ccc(S(=O)(=O)Nc2ccccn2)cc1)c1cccc(C(F)(F)F)c1.O=C(O)C(F)(F)F. The van der Waals surface area contributed by atoms with E-state index in [0.29, 0.717) is 0 Å². The molecule has 8 nitrogen and oxygen atoms in total. The van der Waals surface area contributed by atoms with Crippen LogP contribution in [0.2, 0.25) is 0 Å². The molecule has 0 atom stereocenters. The van der Waals surface area contributed by atoms with Gasteiger partial charge < -0.3 is 10.4 Å². The summed E-state index contributed by atoms with van der Waals surface area (Å²) >= 11 is 0. The smallest absolute Gasteiger partial charge is 0.475 e. The first kappa shape index (κ1) is 28.1. The van der Waals surface area contributed by atoms with Crippen molar-refractivity contribution >= 4 is 33.4 Å². The first-order chi connectivity index (χ1) is 16.6. The average molecular weight is 535 g/mol. The standard InChI is InChI=1S/C19H14F3N3O3S.C2HF3O2/c20-19(21,22)14-5-3-4-13(12-14)18(26)24-15-7-9-16(10-8-15)29(27,28)25-17-6-1-2-11-23-17;3-2(4,5)1(6)7/h1-12H,(H,23,25)(H,24,26);(H,6,7). The number of halogens is 6. The number of nitrogens with zero attached hydrogens (tertiary/aromatic N) is 1. The Bertz CT molecular complexity index is 1310. The fraction of sp³-hybridized carbons (Fsp3) is 0.0952. The van der Waals surface area contributed by atoms with Gasteiger partial charge in [-0.3, -0.25) is 9.52 Å². The highest BCUT2D eigenvalue weighted by molar-refractivity contribution is 7.92. The molecule has 0 radical (unpaired) electrons. The maximum absolute atomic E-state index is 12.8. The summed E-state index contributed by atoms with van der Waals surface area (Å²) in [5.41, 5.74) is -0.885. The van der Waals surface area contributed by atoms with E-state index >= 15 is 0 Å². The molecule has 0 spiro atoms. The van der Waals surface area contributed by atoms with Crippen molar-refractivity contribution in [1.29, 1.82) is 0 Å². The molecule has 3 N–H and O–H groups in total. The molecule has 0 aliphatic heterocycles. The third kappa shape index (κ3) is 8.26. The number of anilines is 2. The summed E-state index contributed by atoms with van der Waals surface area (Å²) in [4.78, 5) is 24.9. The van der Waals surface area contributed by atoms with Crippen LogP contribution in [0.15, 0.2) is 77.8 Å². The molecule has 1 amide bonds. The lowest BCUT2D eigenvalue weighted by molar-refractivity contribution is -0.192. The van der Waals surface area contributed by atoms with E-state index in [0.717, 1.165) is 18.2 Å². The van der Waals surface area contributed by atoms with Gasteiger partial charge in [0.05, 0.1) is 10.5 Å². The highest BCUT2D eigenvalue weighted by Crippen LogP contribution is 2.29. The number of aliphatic carboxylic acids is 1. The van der Waals surface area contributed by atoms with E-state index in [9.17, 15) is 39.6 Å². The van der Waals surface area contributed by atoms with Gasteiger partial charge >= 0.3 is 18.3 Å². The second kappa shape index (κ2) is 11.1. The number of hydrogen-bond acceptors (Lipinski definition) is 5. The zero-order valence-corrected chi connectivity index (χ0v) is 18.4. The van der Waals surface area contributed by atoms with E-state index in [-0.39, 0.29) is 22.0 Å². The molecule has 1 heterocycles. The highest BCUT2D eigenvalue weighted by atomic mass is 32.2. The number of carboxylic acid groups (broad SMARTS) is 1. The largest absolute Gasteiger partial charge is 0.490 e. The molecular formula is C21H15F6N3O5S. The van der Waals surface area contributed by atoms with Crippen molar-refractivity contribution in [3.8, 4) is 0 Å². The van der Waals surface area contributed by atoms with Crippen LogP contribution in [0.1, 0.15) is 15.9 Å². The number of hydrogen-bond donors (Lipinski definition) is 3. The normalized spacial score (nSPS) is 11.6. The number of pyridine rings is 1. The van der Waals surface area contributed by atoms with Gasteiger partial charge in [-0.05, 0) is 54.6 Å². The third-order valence-corrected chi connectivity index (χ3v) is 5.39. The Kier molecular flexibility index (Phi) is 8.64. The van der Waals surface area contributed by atoms with E-state index in [4.69, 9.17) is 9.90 Å². The van der Waals surface area contributed by atoms with E-state index in [2.05, 4.69) is 15.0 Å². The van der Waals surface area contributed by atoms with E-state index in [1.54, 1.807) is 12.1 Å². The summed E-state index contributed by atoms with van der Waals surface area (Å²) in [6.45, 7) is 0. The molecule has 1 aromatic heterocycles. The fourth-order valence-corrected chi connectivity index (χ4v) is 3.39. The molecule has 3 rings (SSSR count). The molecule has 0 aliphatic carbocycles. The molecular weight excluding hydrogens is 520 g/mol. The zero-order valence-electron chi connectivity index (χ0n) is 17.6. The molecule has 0 unspecified atom stereocenters. The number of aromatic nitrogens is 1. The number of carbonyl (C=O) groups excluding carboxylic acids is 1. The average Bonchev–Trinajstić information content (AvgIpc) is 2.79. The first-order valence-electron chi connectivity index (χ1n) is 9.42. The molecule has 0 fully saturated rings. The molecule has 3 aromatic rings. The second-order valence-corrected chi connectivity index (χ2v) is 8.36. The number of alkyl halides is 6. The van der Waals surface area contributed by atoms with Crippen LogP contribution >= 0.6 is 0 Å². The Morgan fingerprint density at radius 3 is 1.97 bits per heavy atom. The Hall–Kier alpha value is -4.14. The lowest BCUT2D eigenvalue weighted by atomic mass is 10.1. The van der Waals surface area contributed by atoms with E-state index in [1.165, 1.54) is 42.6 Å². The van der Waals surface area contributed by atoms with Gasteiger partial charge in [0.2, 0.25) is 0 Å². The summed E-state index contributed by atoms with van der Waals surface area (Å²) in [7, 11) is -3.88. The monoisotopic (exact) mass is 535 g/mol. The Morgan fingerprint density at radius 1 is 0.861 bits per heavy atom. The lowest BCUT2D eigenvalue weighted by Crippen LogP contribution is -2.21. The van der Waals surface area contributed by atoms with Crippen molar-refractivity contribution < 1.29 is 49.5 Å². The van der Waals surface area contributed by atoms with Crippen LogP contribution in [0.3, 0.4) is 0 Å². The van der Waals surface area contributed by atoms with Gasteiger partial charge in [-0.2, -0.15) is 26.3 Å². The number of rotatable bonds is 5. The van der Waals surface area contributed by atoms with Crippen LogP contribution in [-0.2, 0) is 21.0 Å². The lowest BCUT2D eigenvalue weighted by Gasteiger charge is -2.10. The van der Waals surface area contributed by atoms with Gasteiger partial charge in [0.25, 0.3) is 15.9 Å². The maximum atomic E-state index is 12.8. The van der Waals surface area contributed by atoms with Crippen LogP contribution in [-0.4, -0.2) is 36.6 Å². The molecule has 36 heavy (non-hydrogen) atoms. The summed E-state index contributed by atoms with van der Waals surface area (Å²) in [5.74, 6) is -3.36. The Balaban J connectivity index is 0.000000572. The molecule has 0 bridgehead atoms. The zero-order chi connectivity index (χ0) is 27.1. The summed E-state index contributed by atoms with van der Waals surface area (Å²) in [6, 6.07) is 13.9. The number of nitrogens with one attached hydrogen (secondary N) is 2. The number of benzene rings is 2. The summed E-state index contributed by atoms with van der Waals surface area (Å²) in [6.07, 6.45) is -8.21. The van der Waals surface area contributed by atoms with Crippen molar-refractivity contribution in [2.45, 2.75) is 17.2 Å². The van der Waals surface area contributed by atoms with Crippen molar-refractivity contribution in [3.05, 3.63) is 84.1 Å². The van der Waals surface area contributed by atoms with Crippen molar-refractivity contribution in [2.75, 3.05) is 10.0 Å². The van der Waals surface area contributed by atoms with Crippen LogP contribution in [0, 0.1) is 0 Å². The van der Waals surface area contributed by atoms with Crippen LogP contribution in [0.25, 0.3) is 0 Å². The molecule has 192 valence electrons. The fourth-order valence-electron chi connectivity index (χ4n) is 2.38. The number of amides is 1. The van der Waals surface area contributed by atoms with Crippen LogP contribution in [0.5, 0.6) is 0 Å². The van der Waals surface area contributed by atoms with Gasteiger partial charge in [0.15, 0.2) is 0 Å². The number of sulfonamides is 1. The van der Waals surface area contributed by atoms with Gasteiger partial charge in [-0.15, -0.1) is 0 Å². The second-order valence-electron chi connectivity index (χ2n) is 6.68. The Morgan fingerprint density at radius 2 is 1.47 bits per heavy atom. The van der Waals surface area contributed by atoms with Crippen LogP contribution in [0.4, 0.5) is 37.8 Å². The van der Waals surface area contributed by atoms with Gasteiger partial charge in [-0.25, -0.2) is 18.2 Å². The molecule has 0 aliphatic rings. The third-order valence-electron chi connectivity index (χ3n) is 4.02. The minimum absolute atomic E-state index is 0.0692. The van der Waals surface area contributed by atoms with Crippen molar-refractivity contribution in [1.82, 2.24) is 4.98 Å². The number of carboxylic acids is 1. The topological polar surface area (TPSA) is 125 Å². The van der Waals surface area contributed by atoms with Crippen molar-refractivity contribution in [2.24, 2.45) is 0 Å². The number of carbonyl (C=O) groups is 2. The van der Waals surface area contributed by atoms with E-state index < -0.39 is 39.8 Å². The van der Waals surface area contributed by atoms with E-state index in [1.807, 2.05) is 0 Å². The summed E-state index contributed by atoms with van der Waals surface area (Å²) in [5, 5.41) is 9.56. The van der Waals surface area contributed by atoms with Crippen LogP contribution < -0.4 is 10.0 Å². The van der Waals surface area contributed by atoms with Gasteiger partial charge in [0.1, 0.15) is 5.82 Å². The molecule has 0 saturated carbocycles. The van der Waals surface area contributed by atoms with Gasteiger partial charge in [-0.1, -0.05) is 12.1 Å².